The van der Waals surface area contributed by atoms with Crippen LogP contribution in [-0.2, 0) is 6.18 Å². The third kappa shape index (κ3) is 3.89. The lowest BCUT2D eigenvalue weighted by molar-refractivity contribution is -0.137. The molecule has 2 rings (SSSR count). The molecule has 2 amide bonds. The largest absolute Gasteiger partial charge is 0.416 e. The number of halogens is 6. The Morgan fingerprint density at radius 2 is 1.91 bits per heavy atom. The second kappa shape index (κ2) is 5.95. The summed E-state index contributed by atoms with van der Waals surface area (Å²) in [5.41, 5.74) is 1.66. The van der Waals surface area contributed by atoms with Crippen LogP contribution in [0.15, 0.2) is 24.3 Å². The van der Waals surface area contributed by atoms with Gasteiger partial charge in [-0.15, -0.1) is 0 Å². The Hall–Kier alpha value is -0.900. The van der Waals surface area contributed by atoms with E-state index in [1.807, 2.05) is 0 Å². The molecule has 4 nitrogen and oxygen atoms in total. The topological polar surface area (TPSA) is 35.6 Å². The number of nitrogens with one attached hydrogen (secondary N) is 1. The van der Waals surface area contributed by atoms with Gasteiger partial charge in [-0.1, -0.05) is 29.3 Å². The Bertz CT molecular complexity index is 581. The van der Waals surface area contributed by atoms with Crippen LogP contribution in [0.2, 0.25) is 0 Å². The smallest absolute Gasteiger partial charge is 0.275 e. The fraction of sp³-hybridized carbons (Fsp3) is 0.364. The molecule has 0 spiro atoms. The fourth-order valence-corrected chi connectivity index (χ4v) is 2.87. The highest BCUT2D eigenvalue weighted by Gasteiger charge is 2.41. The second-order valence-corrected chi connectivity index (χ2v) is 7.13. The number of hydrazine groups is 1. The van der Waals surface area contributed by atoms with E-state index in [4.69, 9.17) is 23.2 Å². The maximum Gasteiger partial charge on any atom is 0.416 e. The Labute approximate surface area is 137 Å². The number of hydrogen-bond acceptors (Lipinski definition) is 3. The quantitative estimate of drug-likeness (QED) is 0.478. The molecule has 0 radical (unpaired) electrons. The monoisotopic (exact) mass is 377 g/mol. The van der Waals surface area contributed by atoms with Crippen molar-refractivity contribution in [2.45, 2.75) is 23.2 Å². The van der Waals surface area contributed by atoms with Crippen LogP contribution in [0.3, 0.4) is 0 Å². The van der Waals surface area contributed by atoms with Crippen molar-refractivity contribution in [3.05, 3.63) is 29.8 Å². The zero-order valence-electron chi connectivity index (χ0n) is 10.9. The summed E-state index contributed by atoms with van der Waals surface area (Å²) < 4.78 is 49.3. The number of rotatable bonds is 3. The molecule has 1 fully saturated rings. The number of alkyl halides is 6. The van der Waals surface area contributed by atoms with Gasteiger partial charge in [0, 0.05) is 17.6 Å². The van der Waals surface area contributed by atoms with Crippen molar-refractivity contribution in [3.8, 4) is 0 Å². The first-order chi connectivity index (χ1) is 9.99. The summed E-state index contributed by atoms with van der Waals surface area (Å²) in [6.45, 7) is 1.51. The van der Waals surface area contributed by atoms with Crippen molar-refractivity contribution in [2.75, 3.05) is 4.90 Å². The van der Waals surface area contributed by atoms with Crippen molar-refractivity contribution in [2.24, 2.45) is 0 Å². The molecule has 122 valence electrons. The number of anilines is 1. The van der Waals surface area contributed by atoms with Crippen molar-refractivity contribution in [1.29, 1.82) is 0 Å². The van der Waals surface area contributed by atoms with Crippen molar-refractivity contribution >= 4 is 46.9 Å². The molecule has 0 saturated carbocycles. The van der Waals surface area contributed by atoms with Gasteiger partial charge in [0.05, 0.1) is 5.56 Å². The number of urea groups is 1. The number of carbonyl (C=O) groups excluding carboxylic acids is 1. The Balaban J connectivity index is 2.28. The molecule has 0 aliphatic carbocycles. The molecule has 1 aliphatic rings. The number of hydrogen-bond donors (Lipinski definition) is 1. The van der Waals surface area contributed by atoms with E-state index in [1.165, 1.54) is 19.1 Å². The molecule has 1 aromatic rings. The van der Waals surface area contributed by atoms with Crippen molar-refractivity contribution in [1.82, 2.24) is 9.84 Å². The molecule has 1 aromatic carbocycles. The molecule has 0 bridgehead atoms. The molecule has 1 N–H and O–H groups in total. The van der Waals surface area contributed by atoms with Gasteiger partial charge in [-0.3, -0.25) is 4.90 Å². The molecule has 1 aliphatic heterocycles. The summed E-state index contributed by atoms with van der Waals surface area (Å²) in [6.07, 6.45) is -5.25. The molecule has 11 heteroatoms. The first-order valence-electron chi connectivity index (χ1n) is 5.81. The average molecular weight is 378 g/mol. The summed E-state index contributed by atoms with van der Waals surface area (Å²) in [6, 6.07) is 3.44. The van der Waals surface area contributed by atoms with Gasteiger partial charge >= 0.3 is 16.1 Å². The molecule has 1 atom stereocenters. The van der Waals surface area contributed by atoms with Crippen LogP contribution in [0.25, 0.3) is 0 Å². The number of nitrogens with zero attached hydrogens (tertiary/aromatic N) is 2. The normalized spacial score (nSPS) is 20.0. The number of amides is 2. The van der Waals surface area contributed by atoms with Gasteiger partial charge in [0.1, 0.15) is 6.17 Å². The van der Waals surface area contributed by atoms with Crippen molar-refractivity contribution in [3.63, 3.8) is 0 Å². The van der Waals surface area contributed by atoms with E-state index in [1.54, 1.807) is 0 Å². The Morgan fingerprint density at radius 1 is 1.27 bits per heavy atom. The predicted octanol–water partition coefficient (Wildman–Crippen LogP) is 4.50. The predicted molar refractivity (Wildman–Crippen MR) is 76.9 cm³/mol. The minimum atomic E-state index is -4.54. The molecule has 1 unspecified atom stereocenters. The fourth-order valence-electron chi connectivity index (χ4n) is 1.88. The van der Waals surface area contributed by atoms with E-state index >= 15 is 0 Å². The second-order valence-electron chi connectivity index (χ2n) is 4.34. The third-order valence-corrected chi connectivity index (χ3v) is 3.78. The Kier molecular flexibility index (Phi) is 4.72. The van der Waals surface area contributed by atoms with Crippen LogP contribution in [0.4, 0.5) is 28.0 Å². The average Bonchev–Trinajstić information content (AvgIpc) is 2.61. The SMILES string of the molecule is CC1NN(SC(F)(Cl)Cl)C(=O)N1c1cccc(C(F)(F)F)c1. The lowest BCUT2D eigenvalue weighted by Gasteiger charge is -2.20. The zero-order valence-corrected chi connectivity index (χ0v) is 13.2. The summed E-state index contributed by atoms with van der Waals surface area (Å²) in [4.78, 5) is 13.2. The first kappa shape index (κ1) is 17.5. The van der Waals surface area contributed by atoms with Gasteiger partial charge in [0.15, 0.2) is 0 Å². The van der Waals surface area contributed by atoms with Crippen LogP contribution in [0.5, 0.6) is 0 Å². The lowest BCUT2D eigenvalue weighted by Crippen LogP contribution is -2.34. The van der Waals surface area contributed by atoms with Gasteiger partial charge in [0.2, 0.25) is 0 Å². The van der Waals surface area contributed by atoms with E-state index in [2.05, 4.69) is 5.43 Å². The van der Waals surface area contributed by atoms with E-state index < -0.39 is 27.9 Å². The van der Waals surface area contributed by atoms with Gasteiger partial charge in [-0.2, -0.15) is 27.4 Å². The molecular weight excluding hydrogens is 369 g/mol. The highest BCUT2D eigenvalue weighted by Crippen LogP contribution is 2.40. The highest BCUT2D eigenvalue weighted by molar-refractivity contribution is 8.01. The number of benzene rings is 1. The maximum atomic E-state index is 13.2. The summed E-state index contributed by atoms with van der Waals surface area (Å²) in [5, 5.41) is 0. The summed E-state index contributed by atoms with van der Waals surface area (Å²) in [5.74, 6) is 0. The van der Waals surface area contributed by atoms with Crippen molar-refractivity contribution < 1.29 is 22.4 Å². The minimum Gasteiger partial charge on any atom is -0.275 e. The zero-order chi connectivity index (χ0) is 16.7. The molecule has 1 heterocycles. The molecular formula is C11H9Cl2F4N3OS. The minimum absolute atomic E-state index is 0.0107. The van der Waals surface area contributed by atoms with Crippen LogP contribution in [0.1, 0.15) is 12.5 Å². The third-order valence-electron chi connectivity index (χ3n) is 2.72. The maximum absolute atomic E-state index is 13.2. The van der Waals surface area contributed by atoms with Gasteiger partial charge in [-0.25, -0.2) is 4.79 Å². The van der Waals surface area contributed by atoms with Gasteiger partial charge in [0.25, 0.3) is 0 Å². The first-order valence-corrected chi connectivity index (χ1v) is 7.34. The molecule has 1 saturated heterocycles. The summed E-state index contributed by atoms with van der Waals surface area (Å²) >= 11 is 10.5. The highest BCUT2D eigenvalue weighted by atomic mass is 35.5. The van der Waals surface area contributed by atoms with E-state index in [0.717, 1.165) is 21.4 Å². The van der Waals surface area contributed by atoms with Crippen LogP contribution < -0.4 is 10.3 Å². The molecule has 22 heavy (non-hydrogen) atoms. The van der Waals surface area contributed by atoms with Crippen LogP contribution in [0, 0.1) is 0 Å². The van der Waals surface area contributed by atoms with Gasteiger partial charge in [-0.05, 0) is 25.1 Å². The van der Waals surface area contributed by atoms with E-state index in [-0.39, 0.29) is 17.6 Å². The summed E-state index contributed by atoms with van der Waals surface area (Å²) in [7, 11) is 0. The molecule has 0 aromatic heterocycles. The van der Waals surface area contributed by atoms with Crippen LogP contribution >= 0.6 is 35.1 Å². The van der Waals surface area contributed by atoms with Gasteiger partial charge < -0.3 is 0 Å². The lowest BCUT2D eigenvalue weighted by atomic mass is 10.2. The Morgan fingerprint density at radius 3 is 2.45 bits per heavy atom. The van der Waals surface area contributed by atoms with E-state index in [0.29, 0.717) is 0 Å². The standard InChI is InChI=1S/C11H9Cl2F4N3OS/c1-6-18-20(22-11(12,13)17)9(21)19(6)8-4-2-3-7(5-8)10(14,15)16/h2-6,18H,1H3. The van der Waals surface area contributed by atoms with E-state index in [9.17, 15) is 22.4 Å². The van der Waals surface area contributed by atoms with Crippen LogP contribution in [-0.4, -0.2) is 20.5 Å². The number of carbonyl (C=O) groups is 1.